The Labute approximate surface area is 81.6 Å². The van der Waals surface area contributed by atoms with Crippen LogP contribution in [0.15, 0.2) is 0 Å². The third kappa shape index (κ3) is 9.11. The Morgan fingerprint density at radius 2 is 1.80 bits per heavy atom. The van der Waals surface area contributed by atoms with E-state index in [9.17, 15) is 0 Å². The van der Waals surface area contributed by atoms with Gasteiger partial charge in [0.25, 0.3) is 0 Å². The third-order valence-electron chi connectivity index (χ3n) is 1.34. The van der Waals surface area contributed by atoms with Crippen molar-refractivity contribution in [3.05, 3.63) is 0 Å². The Hall–Kier alpha value is 1.11. The summed E-state index contributed by atoms with van der Waals surface area (Å²) in [6.07, 6.45) is 5.30. The molecule has 0 bridgehead atoms. The first-order valence-corrected chi connectivity index (χ1v) is 7.01. The number of thioether (sulfide) groups is 1. The van der Waals surface area contributed by atoms with Gasteiger partial charge in [-0.3, -0.25) is 0 Å². The van der Waals surface area contributed by atoms with E-state index in [1.807, 2.05) is 0 Å². The van der Waals surface area contributed by atoms with Crippen LogP contribution in [0.2, 0.25) is 0 Å². The molecule has 0 spiro atoms. The zero-order valence-electron chi connectivity index (χ0n) is 6.44. The minimum absolute atomic E-state index is 0.866. The summed E-state index contributed by atoms with van der Waals surface area (Å²) in [5.74, 6) is 1.36. The van der Waals surface area contributed by atoms with E-state index in [0.717, 1.165) is 6.54 Å². The SMILES string of the molecule is NCCCCCCS[CH2][Sn]. The van der Waals surface area contributed by atoms with Crippen LogP contribution in [-0.2, 0) is 0 Å². The number of rotatable bonds is 7. The number of unbranched alkanes of at least 4 members (excludes halogenated alkanes) is 3. The number of nitrogens with two attached hydrogens (primary N) is 1. The van der Waals surface area contributed by atoms with Gasteiger partial charge in [0.05, 0.1) is 0 Å². The second-order valence-corrected chi connectivity index (χ2v) is 5.83. The van der Waals surface area contributed by atoms with Crippen molar-refractivity contribution in [2.45, 2.75) is 25.7 Å². The fraction of sp³-hybridized carbons (Fsp3) is 1.00. The van der Waals surface area contributed by atoms with Gasteiger partial charge in [-0.05, 0) is 0 Å². The standard InChI is InChI=1S/C7H16NS.Sn/c1-9-7-5-3-2-4-6-8;/h1-8H2;. The summed E-state index contributed by atoms with van der Waals surface area (Å²) in [7, 11) is 0. The Morgan fingerprint density at radius 3 is 2.40 bits per heavy atom. The van der Waals surface area contributed by atoms with Crippen LogP contribution in [0.25, 0.3) is 0 Å². The molecule has 0 aromatic carbocycles. The van der Waals surface area contributed by atoms with Crippen LogP contribution in [-0.4, -0.2) is 38.6 Å². The molecule has 0 aromatic rings. The predicted octanol–water partition coefficient (Wildman–Crippen LogP) is 1.36. The van der Waals surface area contributed by atoms with Crippen molar-refractivity contribution in [3.63, 3.8) is 0 Å². The molecule has 0 heterocycles. The monoisotopic (exact) mass is 266 g/mol. The molecule has 0 aliphatic rings. The molecule has 0 rings (SSSR count). The summed E-state index contributed by atoms with van der Waals surface area (Å²) in [4.78, 5) is 0. The molecule has 1 nitrogen and oxygen atoms in total. The van der Waals surface area contributed by atoms with Crippen molar-refractivity contribution in [2.75, 3.05) is 16.1 Å². The molecule has 2 N–H and O–H groups in total. The van der Waals surface area contributed by atoms with Crippen LogP contribution in [0.3, 0.4) is 0 Å². The van der Waals surface area contributed by atoms with Crippen LogP contribution in [0, 0.1) is 0 Å². The van der Waals surface area contributed by atoms with Gasteiger partial charge in [-0.1, -0.05) is 0 Å². The molecule has 0 atom stereocenters. The van der Waals surface area contributed by atoms with Gasteiger partial charge >= 0.3 is 81.8 Å². The predicted molar refractivity (Wildman–Crippen MR) is 50.6 cm³/mol. The van der Waals surface area contributed by atoms with E-state index >= 15 is 0 Å². The molecule has 0 aliphatic heterocycles. The molecule has 3 radical (unpaired) electrons. The van der Waals surface area contributed by atoms with Gasteiger partial charge in [0.2, 0.25) is 0 Å². The van der Waals surface area contributed by atoms with Crippen molar-refractivity contribution in [2.24, 2.45) is 5.73 Å². The van der Waals surface area contributed by atoms with E-state index in [1.54, 1.807) is 22.5 Å². The van der Waals surface area contributed by atoms with Gasteiger partial charge in [-0.15, -0.1) is 0 Å². The van der Waals surface area contributed by atoms with Crippen LogP contribution in [0.4, 0.5) is 0 Å². The summed E-state index contributed by atoms with van der Waals surface area (Å²) < 4.78 is 1.35. The van der Waals surface area contributed by atoms with Gasteiger partial charge in [0.15, 0.2) is 0 Å². The Morgan fingerprint density at radius 1 is 1.10 bits per heavy atom. The molecular weight excluding hydrogens is 249 g/mol. The summed E-state index contributed by atoms with van der Waals surface area (Å²) >= 11 is 3.73. The summed E-state index contributed by atoms with van der Waals surface area (Å²) in [6, 6.07) is 0. The molecule has 0 amide bonds. The van der Waals surface area contributed by atoms with Gasteiger partial charge in [0, 0.05) is 0 Å². The molecule has 3 heteroatoms. The van der Waals surface area contributed by atoms with Crippen molar-refractivity contribution < 1.29 is 0 Å². The van der Waals surface area contributed by atoms with E-state index in [0.29, 0.717) is 0 Å². The first-order valence-electron chi connectivity index (χ1n) is 3.84. The van der Waals surface area contributed by atoms with Crippen molar-refractivity contribution in [3.8, 4) is 0 Å². The van der Waals surface area contributed by atoms with Gasteiger partial charge in [0.1, 0.15) is 0 Å². The van der Waals surface area contributed by atoms with E-state index in [4.69, 9.17) is 5.73 Å². The van der Waals surface area contributed by atoms with Gasteiger partial charge in [-0.2, -0.15) is 0 Å². The molecule has 59 valence electrons. The average molecular weight is 265 g/mol. The fourth-order valence-corrected chi connectivity index (χ4v) is 2.56. The Kier molecular flexibility index (Phi) is 11.2. The van der Waals surface area contributed by atoms with Gasteiger partial charge in [-0.25, -0.2) is 0 Å². The van der Waals surface area contributed by atoms with E-state index < -0.39 is 0 Å². The molecular formula is C7H16NSSn. The minimum atomic E-state index is 0.866. The van der Waals surface area contributed by atoms with E-state index in [2.05, 4.69) is 11.8 Å². The maximum absolute atomic E-state index is 5.37. The first-order chi connectivity index (χ1) is 4.91. The second-order valence-electron chi connectivity index (χ2n) is 2.26. The summed E-state index contributed by atoms with van der Waals surface area (Å²) in [6.45, 7) is 0.866. The first kappa shape index (κ1) is 11.1. The molecule has 10 heavy (non-hydrogen) atoms. The zero-order valence-corrected chi connectivity index (χ0v) is 10.1. The Balaban J connectivity index is 2.65. The number of hydrogen-bond donors (Lipinski definition) is 1. The van der Waals surface area contributed by atoms with Crippen molar-refractivity contribution in [1.29, 1.82) is 0 Å². The molecule has 0 unspecified atom stereocenters. The number of hydrogen-bond acceptors (Lipinski definition) is 2. The molecule has 0 saturated heterocycles. The van der Waals surface area contributed by atoms with Crippen LogP contribution in [0.5, 0.6) is 0 Å². The average Bonchev–Trinajstić information content (AvgIpc) is 1.97. The quantitative estimate of drug-likeness (QED) is 0.555. The van der Waals surface area contributed by atoms with Crippen molar-refractivity contribution in [1.82, 2.24) is 0 Å². The second kappa shape index (κ2) is 10.1. The molecule has 0 aliphatic carbocycles. The third-order valence-corrected chi connectivity index (χ3v) is 3.87. The summed E-state index contributed by atoms with van der Waals surface area (Å²) in [5.41, 5.74) is 5.37. The zero-order chi connectivity index (χ0) is 7.66. The fourth-order valence-electron chi connectivity index (χ4n) is 0.774. The normalized spacial score (nSPS) is 10.2. The van der Waals surface area contributed by atoms with Crippen LogP contribution < -0.4 is 5.73 Å². The molecule has 0 saturated carbocycles. The molecule has 0 fully saturated rings. The maximum atomic E-state index is 5.37. The molecule has 0 aromatic heterocycles. The Bertz CT molecular complexity index is 53.6. The van der Waals surface area contributed by atoms with E-state index in [1.165, 1.54) is 35.2 Å². The van der Waals surface area contributed by atoms with E-state index in [-0.39, 0.29) is 0 Å². The van der Waals surface area contributed by atoms with Gasteiger partial charge < -0.3 is 0 Å². The van der Waals surface area contributed by atoms with Crippen LogP contribution in [0.1, 0.15) is 25.7 Å². The summed E-state index contributed by atoms with van der Waals surface area (Å²) in [5, 5.41) is 0. The van der Waals surface area contributed by atoms with Crippen LogP contribution >= 0.6 is 11.8 Å². The van der Waals surface area contributed by atoms with Crippen molar-refractivity contribution >= 4 is 34.3 Å². The topological polar surface area (TPSA) is 26.0 Å².